The lowest BCUT2D eigenvalue weighted by molar-refractivity contribution is -0.134. The molecule has 38 heavy (non-hydrogen) atoms. The monoisotopic (exact) mass is 545 g/mol. The molecule has 0 aliphatic carbocycles. The summed E-state index contributed by atoms with van der Waals surface area (Å²) in [5.41, 5.74) is 7.21. The molecule has 0 aliphatic heterocycles. The summed E-state index contributed by atoms with van der Waals surface area (Å²) in [6.07, 6.45) is -1.15. The summed E-state index contributed by atoms with van der Waals surface area (Å²) in [6, 6.07) is 10.8. The number of rotatable bonds is 13. The molecule has 5 atom stereocenters. The molecule has 206 valence electrons. The van der Waals surface area contributed by atoms with Crippen LogP contribution in [0.2, 0.25) is 0 Å². The molecule has 0 fully saturated rings. The molecule has 0 aliphatic rings. The largest absolute Gasteiger partial charge is 0.508 e. The highest BCUT2D eigenvalue weighted by atomic mass is 32.1. The molecule has 0 aromatic heterocycles. The second-order valence-electron chi connectivity index (χ2n) is 8.88. The van der Waals surface area contributed by atoms with E-state index >= 15 is 0 Å². The number of aliphatic hydroxyl groups is 1. The Bertz CT molecular complexity index is 1080. The summed E-state index contributed by atoms with van der Waals surface area (Å²) < 4.78 is 0. The lowest BCUT2D eigenvalue weighted by Crippen LogP contribution is -2.59. The van der Waals surface area contributed by atoms with Crippen LogP contribution in [0.25, 0.3) is 0 Å². The van der Waals surface area contributed by atoms with Crippen molar-refractivity contribution in [1.29, 1.82) is 0 Å². The van der Waals surface area contributed by atoms with Crippen molar-refractivity contribution < 1.29 is 29.4 Å². The van der Waals surface area contributed by atoms with Crippen molar-refractivity contribution in [2.75, 3.05) is 5.75 Å². The second kappa shape index (κ2) is 15.0. The zero-order valence-electron chi connectivity index (χ0n) is 21.3. The Morgan fingerprint density at radius 3 is 2.05 bits per heavy atom. The number of aliphatic hydroxyl groups excluding tert-OH is 1. The minimum absolute atomic E-state index is 0.0432. The van der Waals surface area contributed by atoms with E-state index in [1.807, 2.05) is 30.3 Å². The number of nitrogens with one attached hydrogen (secondary N) is 4. The fraction of sp³-hybridized carbons (Fsp3) is 0.385. The maximum atomic E-state index is 13.0. The number of hydrogen-bond donors (Lipinski definition) is 8. The van der Waals surface area contributed by atoms with Gasteiger partial charge in [0, 0.05) is 18.7 Å². The molecule has 2 aromatic rings. The maximum Gasteiger partial charge on any atom is 0.245 e. The molecule has 0 spiro atoms. The number of carbonyl (C=O) groups is 4. The van der Waals surface area contributed by atoms with Gasteiger partial charge in [0.1, 0.15) is 23.9 Å². The van der Waals surface area contributed by atoms with Gasteiger partial charge in [-0.25, -0.2) is 0 Å². The molecule has 0 bridgehead atoms. The summed E-state index contributed by atoms with van der Waals surface area (Å²) >= 11 is 4.00. The first-order chi connectivity index (χ1) is 18.0. The normalized spacial score (nSPS) is 14.8. The molecular weight excluding hydrogens is 510 g/mol. The van der Waals surface area contributed by atoms with Crippen LogP contribution < -0.4 is 27.0 Å². The molecule has 11 nitrogen and oxygen atoms in total. The summed E-state index contributed by atoms with van der Waals surface area (Å²) in [6.45, 7) is 2.98. The van der Waals surface area contributed by atoms with Gasteiger partial charge in [0.2, 0.25) is 23.6 Å². The van der Waals surface area contributed by atoms with E-state index in [2.05, 4.69) is 33.9 Å². The van der Waals surface area contributed by atoms with Crippen LogP contribution in [0.15, 0.2) is 54.6 Å². The fourth-order valence-electron chi connectivity index (χ4n) is 3.40. The van der Waals surface area contributed by atoms with E-state index in [1.54, 1.807) is 12.1 Å². The number of phenols is 1. The number of hydrogen-bond acceptors (Lipinski definition) is 8. The maximum absolute atomic E-state index is 13.0. The van der Waals surface area contributed by atoms with E-state index in [4.69, 9.17) is 5.73 Å². The van der Waals surface area contributed by atoms with Crippen LogP contribution in [-0.4, -0.2) is 69.9 Å². The Hall–Kier alpha value is -3.61. The highest BCUT2D eigenvalue weighted by Crippen LogP contribution is 2.12. The summed E-state index contributed by atoms with van der Waals surface area (Å²) in [4.78, 5) is 50.8. The van der Waals surface area contributed by atoms with Crippen molar-refractivity contribution >= 4 is 36.3 Å². The van der Waals surface area contributed by atoms with Crippen LogP contribution in [0.5, 0.6) is 5.75 Å². The Morgan fingerprint density at radius 2 is 1.47 bits per heavy atom. The lowest BCUT2D eigenvalue weighted by atomic mass is 10.0. The van der Waals surface area contributed by atoms with Gasteiger partial charge in [-0.15, -0.1) is 0 Å². The van der Waals surface area contributed by atoms with E-state index in [1.165, 1.54) is 26.0 Å². The summed E-state index contributed by atoms with van der Waals surface area (Å²) in [5, 5.41) is 29.8. The van der Waals surface area contributed by atoms with Gasteiger partial charge in [0.25, 0.3) is 0 Å². The molecule has 0 radical (unpaired) electrons. The predicted molar refractivity (Wildman–Crippen MR) is 145 cm³/mol. The zero-order chi connectivity index (χ0) is 28.2. The minimum Gasteiger partial charge on any atom is -0.508 e. The third-order valence-electron chi connectivity index (χ3n) is 5.67. The van der Waals surface area contributed by atoms with Crippen molar-refractivity contribution in [2.45, 2.75) is 57.1 Å². The van der Waals surface area contributed by atoms with Gasteiger partial charge in [-0.2, -0.15) is 12.6 Å². The van der Waals surface area contributed by atoms with Crippen LogP contribution in [0.4, 0.5) is 0 Å². The van der Waals surface area contributed by atoms with Crippen LogP contribution in [0.3, 0.4) is 0 Å². The predicted octanol–water partition coefficient (Wildman–Crippen LogP) is -0.637. The van der Waals surface area contributed by atoms with E-state index in [0.29, 0.717) is 5.56 Å². The number of thiol groups is 1. The SMILES string of the molecule is C[C@H](NC(=O)[C@H](Cc1ccc(O)cc1)NC(=O)[C@@H](N)CS)C(=O)N[C@H](C(=O)NCc1ccccc1)[C@@H](C)O. The highest BCUT2D eigenvalue weighted by molar-refractivity contribution is 7.80. The Labute approximate surface area is 227 Å². The van der Waals surface area contributed by atoms with Crippen LogP contribution in [0, 0.1) is 0 Å². The third-order valence-corrected chi connectivity index (χ3v) is 6.06. The average Bonchev–Trinajstić information content (AvgIpc) is 2.90. The first kappa shape index (κ1) is 30.6. The van der Waals surface area contributed by atoms with Gasteiger partial charge in [-0.05, 0) is 37.1 Å². The first-order valence-electron chi connectivity index (χ1n) is 12.1. The van der Waals surface area contributed by atoms with Gasteiger partial charge in [0.15, 0.2) is 0 Å². The van der Waals surface area contributed by atoms with E-state index in [-0.39, 0.29) is 24.5 Å². The van der Waals surface area contributed by atoms with Gasteiger partial charge < -0.3 is 37.2 Å². The number of carbonyl (C=O) groups excluding carboxylic acids is 4. The number of benzene rings is 2. The lowest BCUT2D eigenvalue weighted by Gasteiger charge is -2.25. The topological polar surface area (TPSA) is 183 Å². The summed E-state index contributed by atoms with van der Waals surface area (Å²) in [5.74, 6) is -2.45. The van der Waals surface area contributed by atoms with Crippen molar-refractivity contribution in [3.63, 3.8) is 0 Å². The molecule has 4 amide bonds. The second-order valence-corrected chi connectivity index (χ2v) is 9.25. The molecule has 8 N–H and O–H groups in total. The van der Waals surface area contributed by atoms with Crippen molar-refractivity contribution in [2.24, 2.45) is 5.73 Å². The van der Waals surface area contributed by atoms with Crippen LogP contribution >= 0.6 is 12.6 Å². The molecule has 0 heterocycles. The van der Waals surface area contributed by atoms with Crippen molar-refractivity contribution in [1.82, 2.24) is 21.3 Å². The van der Waals surface area contributed by atoms with Crippen LogP contribution in [0.1, 0.15) is 25.0 Å². The zero-order valence-corrected chi connectivity index (χ0v) is 22.2. The Morgan fingerprint density at radius 1 is 0.842 bits per heavy atom. The Balaban J connectivity index is 2.04. The van der Waals surface area contributed by atoms with E-state index in [9.17, 15) is 29.4 Å². The minimum atomic E-state index is -1.26. The van der Waals surface area contributed by atoms with Crippen LogP contribution in [-0.2, 0) is 32.1 Å². The molecule has 0 saturated carbocycles. The summed E-state index contributed by atoms with van der Waals surface area (Å²) in [7, 11) is 0. The quantitative estimate of drug-likeness (QED) is 0.154. The van der Waals surface area contributed by atoms with E-state index in [0.717, 1.165) is 5.56 Å². The van der Waals surface area contributed by atoms with E-state index < -0.39 is 53.9 Å². The highest BCUT2D eigenvalue weighted by Gasteiger charge is 2.30. The van der Waals surface area contributed by atoms with Gasteiger partial charge in [-0.3, -0.25) is 19.2 Å². The van der Waals surface area contributed by atoms with Crippen molar-refractivity contribution in [3.05, 3.63) is 65.7 Å². The number of amides is 4. The molecule has 0 unspecified atom stereocenters. The molecule has 0 saturated heterocycles. The first-order valence-corrected chi connectivity index (χ1v) is 12.7. The molecule has 12 heteroatoms. The van der Waals surface area contributed by atoms with Gasteiger partial charge >= 0.3 is 0 Å². The molecule has 2 rings (SSSR count). The Kier molecular flexibility index (Phi) is 12.1. The molecule has 2 aromatic carbocycles. The third kappa shape index (κ3) is 9.69. The van der Waals surface area contributed by atoms with Gasteiger partial charge in [-0.1, -0.05) is 42.5 Å². The number of nitrogens with two attached hydrogens (primary N) is 1. The number of aromatic hydroxyl groups is 1. The fourth-order valence-corrected chi connectivity index (χ4v) is 3.56. The standard InChI is InChI=1S/C26H35N5O6S/c1-15(23(34)31-22(16(2)32)26(37)28-13-18-6-4-3-5-7-18)29-25(36)21(30-24(35)20(27)14-38)12-17-8-10-19(33)11-9-17/h3-11,15-16,20-22,32-33,38H,12-14,27H2,1-2H3,(H,28,37)(H,29,36)(H,30,35)(H,31,34)/t15-,16+,20-,21-,22-/m0/s1. The smallest absolute Gasteiger partial charge is 0.245 e. The van der Waals surface area contributed by atoms with Gasteiger partial charge in [0.05, 0.1) is 12.1 Å². The number of phenolic OH excluding ortho intramolecular Hbond substituents is 1. The molecular formula is C26H35N5O6S. The van der Waals surface area contributed by atoms with Crippen molar-refractivity contribution in [3.8, 4) is 5.75 Å². The average molecular weight is 546 g/mol.